The molecule has 13 nitrogen and oxygen atoms in total. The minimum absolute atomic E-state index is 0. The second-order valence-electron chi connectivity index (χ2n) is 13.3. The van der Waals surface area contributed by atoms with Gasteiger partial charge in [-0.3, -0.25) is 9.59 Å². The summed E-state index contributed by atoms with van der Waals surface area (Å²) < 4.78 is 63.1. The van der Waals surface area contributed by atoms with Crippen molar-refractivity contribution in [1.82, 2.24) is 5.06 Å². The molecule has 2 amide bonds. The van der Waals surface area contributed by atoms with Crippen molar-refractivity contribution >= 4 is 55.6 Å². The molecule has 0 atom stereocenters. The van der Waals surface area contributed by atoms with E-state index in [0.717, 1.165) is 28.3 Å². The number of benzene rings is 2. The first-order valence-electron chi connectivity index (χ1n) is 16.3. The third-order valence-electron chi connectivity index (χ3n) is 9.22. The molecule has 272 valence electrons. The van der Waals surface area contributed by atoms with Gasteiger partial charge in [0, 0.05) is 54.1 Å². The topological polar surface area (TPSA) is 178 Å². The summed E-state index contributed by atoms with van der Waals surface area (Å²) in [7, 11) is -5.68. The number of rotatable bonds is 11. The van der Waals surface area contributed by atoms with Crippen LogP contribution < -0.4 is 34.5 Å². The molecule has 3 heterocycles. The molecule has 52 heavy (non-hydrogen) atoms. The van der Waals surface area contributed by atoms with Crippen LogP contribution in [-0.4, -0.2) is 72.3 Å². The molecule has 5 rings (SSSR count). The van der Waals surface area contributed by atoms with Gasteiger partial charge in [-0.1, -0.05) is 57.9 Å². The first kappa shape index (κ1) is 42.7. The van der Waals surface area contributed by atoms with Crippen LogP contribution in [0.2, 0.25) is 0 Å². The third-order valence-corrected chi connectivity index (χ3v) is 10.1. The van der Waals surface area contributed by atoms with E-state index in [0.29, 0.717) is 30.9 Å². The normalized spacial score (nSPS) is 18.1. The second-order valence-corrected chi connectivity index (χ2v) is 15.1. The van der Waals surface area contributed by atoms with Crippen LogP contribution in [0.25, 0.3) is 0 Å². The van der Waals surface area contributed by atoms with E-state index >= 15 is 0 Å². The van der Waals surface area contributed by atoms with E-state index < -0.39 is 43.9 Å². The fraction of sp³-hybridized carbons (Fsp3) is 0.389. The largest absolute Gasteiger partial charge is 1.00 e. The Kier molecular flexibility index (Phi) is 14.3. The van der Waals surface area contributed by atoms with E-state index in [1.165, 1.54) is 17.7 Å². The van der Waals surface area contributed by atoms with Gasteiger partial charge in [-0.15, -0.1) is 23.8 Å². The van der Waals surface area contributed by atoms with Crippen molar-refractivity contribution in [3.63, 3.8) is 0 Å². The number of hydroxylamine groups is 2. The van der Waals surface area contributed by atoms with Crippen LogP contribution in [-0.2, 0) is 50.8 Å². The average molecular weight is 762 g/mol. The maximum absolute atomic E-state index is 12.2. The molecule has 3 aliphatic rings. The summed E-state index contributed by atoms with van der Waals surface area (Å²) >= 11 is 0. The van der Waals surface area contributed by atoms with Crippen molar-refractivity contribution in [2.45, 2.75) is 81.9 Å². The Morgan fingerprint density at radius 1 is 0.981 bits per heavy atom. The van der Waals surface area contributed by atoms with Crippen LogP contribution in [0.5, 0.6) is 0 Å². The molecule has 0 N–H and O–H groups in total. The van der Waals surface area contributed by atoms with Crippen LogP contribution in [0.15, 0.2) is 77.4 Å². The minimum atomic E-state index is -4.63. The zero-order valence-electron chi connectivity index (χ0n) is 30.0. The minimum Gasteiger partial charge on any atom is -0.744 e. The summed E-state index contributed by atoms with van der Waals surface area (Å²) in [5, 5.41) is 0.561. The molecule has 2 aromatic rings. The molecule has 3 aliphatic heterocycles. The van der Waals surface area contributed by atoms with Crippen molar-refractivity contribution in [1.29, 1.82) is 0 Å². The predicted octanol–water partition coefficient (Wildman–Crippen LogP) is 1.36. The number of amides is 2. The number of imide groups is 1. The SMILES string of the molecule is C[N+]1=C(C=CC=CC=C2N(CCCCCC(=O)ON3C(=O)CCC3=O)c3ccc(S(=O)(=O)[O-])cc3C2(C)C)C(C)(C)c2c[c-]ccc21.O=S(=O)=O.[Na+]. The number of hydrogen-bond donors (Lipinski definition) is 0. The van der Waals surface area contributed by atoms with Gasteiger partial charge in [0.05, 0.1) is 4.90 Å². The Labute approximate surface area is 327 Å². The summed E-state index contributed by atoms with van der Waals surface area (Å²) in [6.07, 6.45) is 12.1. The van der Waals surface area contributed by atoms with Crippen LogP contribution in [0.4, 0.5) is 11.4 Å². The molecule has 0 aromatic heterocycles. The first-order valence-corrected chi connectivity index (χ1v) is 18.7. The van der Waals surface area contributed by atoms with E-state index in [2.05, 4.69) is 48.6 Å². The van der Waals surface area contributed by atoms with Gasteiger partial charge in [0.25, 0.3) is 11.8 Å². The zero-order chi connectivity index (χ0) is 37.7. The van der Waals surface area contributed by atoms with Gasteiger partial charge in [-0.25, -0.2) is 17.8 Å². The maximum Gasteiger partial charge on any atom is 1.00 e. The molecular formula is C36H40N3NaO10S2. The van der Waals surface area contributed by atoms with Gasteiger partial charge in [0.2, 0.25) is 0 Å². The van der Waals surface area contributed by atoms with Crippen molar-refractivity contribution in [3.05, 3.63) is 89.7 Å². The molecule has 16 heteroatoms. The van der Waals surface area contributed by atoms with Gasteiger partial charge in [0.15, 0.2) is 5.71 Å². The number of anilines is 1. The van der Waals surface area contributed by atoms with Crippen LogP contribution in [0.1, 0.15) is 77.3 Å². The molecule has 2 aromatic carbocycles. The Bertz CT molecular complexity index is 2060. The molecule has 0 unspecified atom stereocenters. The number of carbonyl (C=O) groups is 3. The molecule has 1 fully saturated rings. The number of allylic oxidation sites excluding steroid dienone is 6. The van der Waals surface area contributed by atoms with Gasteiger partial charge in [0.1, 0.15) is 22.9 Å². The van der Waals surface area contributed by atoms with E-state index in [9.17, 15) is 27.4 Å². The van der Waals surface area contributed by atoms with Gasteiger partial charge < -0.3 is 14.3 Å². The van der Waals surface area contributed by atoms with Crippen LogP contribution >= 0.6 is 0 Å². The second kappa shape index (κ2) is 17.4. The summed E-state index contributed by atoms with van der Waals surface area (Å²) in [5.41, 5.74) is 5.29. The Balaban J connectivity index is 0.00000139. The van der Waals surface area contributed by atoms with Crippen molar-refractivity contribution in [2.75, 3.05) is 18.5 Å². The fourth-order valence-corrected chi connectivity index (χ4v) is 7.15. The van der Waals surface area contributed by atoms with Crippen molar-refractivity contribution in [2.24, 2.45) is 0 Å². The molecule has 0 saturated carbocycles. The zero-order valence-corrected chi connectivity index (χ0v) is 33.7. The van der Waals surface area contributed by atoms with E-state index in [4.69, 9.17) is 17.5 Å². The molecule has 0 spiro atoms. The summed E-state index contributed by atoms with van der Waals surface area (Å²) in [6, 6.07) is 13.7. The number of unbranched alkanes of at least 4 members (excludes halogenated alkanes) is 2. The number of carbonyl (C=O) groups excluding carboxylic acids is 3. The van der Waals surface area contributed by atoms with E-state index in [-0.39, 0.29) is 59.1 Å². The quantitative estimate of drug-likeness (QED) is 0.0615. The summed E-state index contributed by atoms with van der Waals surface area (Å²) in [4.78, 5) is 42.4. The molecule has 1 saturated heterocycles. The first-order chi connectivity index (χ1) is 23.9. The third kappa shape index (κ3) is 9.62. The van der Waals surface area contributed by atoms with Crippen LogP contribution in [0.3, 0.4) is 0 Å². The molecular weight excluding hydrogens is 722 g/mol. The standard InChI is InChI=1S/C36H41N3O7S.Na.O3S/c1-35(2)26-14-11-12-15-28(26)37(5)30(35)16-8-6-9-17-31-36(3,4)27-24-25(47(43,44)45)19-20-29(27)38(31)23-13-7-10-18-34(42)46-39-32(40)21-22-33(39)41;;1-4(2)3/h6,8-9,12,14-17,19-20,24H,7,10,13,18,21-23H2,1-5H3,(H,43,44,45);;/q;+1;/p-1. The summed E-state index contributed by atoms with van der Waals surface area (Å²) in [5.74, 6) is -1.64. The van der Waals surface area contributed by atoms with E-state index in [1.54, 1.807) is 6.07 Å². The Morgan fingerprint density at radius 2 is 1.63 bits per heavy atom. The average Bonchev–Trinajstić information content (AvgIpc) is 3.55. The fourth-order valence-electron chi connectivity index (χ4n) is 6.65. The molecule has 0 aliphatic carbocycles. The smallest absolute Gasteiger partial charge is 0.744 e. The Morgan fingerprint density at radius 3 is 2.25 bits per heavy atom. The van der Waals surface area contributed by atoms with Crippen molar-refractivity contribution in [3.8, 4) is 0 Å². The maximum atomic E-state index is 12.2. The summed E-state index contributed by atoms with van der Waals surface area (Å²) in [6.45, 7) is 8.97. The van der Waals surface area contributed by atoms with Gasteiger partial charge in [-0.2, -0.15) is 18.2 Å². The molecule has 0 radical (unpaired) electrons. The monoisotopic (exact) mass is 761 g/mol. The molecule has 0 bridgehead atoms. The number of nitrogens with zero attached hydrogens (tertiary/aromatic N) is 3. The van der Waals surface area contributed by atoms with Crippen molar-refractivity contribution < 1.29 is 79.0 Å². The van der Waals surface area contributed by atoms with E-state index in [1.807, 2.05) is 50.3 Å². The predicted molar refractivity (Wildman–Crippen MR) is 186 cm³/mol. The van der Waals surface area contributed by atoms with Gasteiger partial charge >= 0.3 is 46.1 Å². The number of hydrogen-bond acceptors (Lipinski definition) is 11. The number of fused-ring (bicyclic) bond motifs is 2. The van der Waals surface area contributed by atoms with Gasteiger partial charge in [-0.05, 0) is 42.7 Å². The Hall–Kier alpha value is -3.73. The van der Waals surface area contributed by atoms with Crippen LogP contribution in [0, 0.1) is 6.07 Å².